The molecule has 0 aliphatic carbocycles. The molecule has 0 aromatic heterocycles. The molecule has 3 nitrogen and oxygen atoms in total. The normalized spacial score (nSPS) is 24.4. The molecular formula is C11H12ClNO2S. The first-order valence-electron chi connectivity index (χ1n) is 4.99. The maximum absolute atomic E-state index is 11.8. The van der Waals surface area contributed by atoms with E-state index >= 15 is 0 Å². The molecule has 1 aromatic carbocycles. The van der Waals surface area contributed by atoms with Crippen LogP contribution in [-0.2, 0) is 0 Å². The fourth-order valence-corrected chi connectivity index (χ4v) is 2.83. The number of carbonyl (C=O) groups excluding carboxylic acids is 1. The zero-order valence-electron chi connectivity index (χ0n) is 8.52. The van der Waals surface area contributed by atoms with E-state index in [1.807, 2.05) is 0 Å². The highest BCUT2D eigenvalue weighted by atomic mass is 35.5. The highest BCUT2D eigenvalue weighted by Crippen LogP contribution is 2.18. The third-order valence-corrected chi connectivity index (χ3v) is 3.90. The van der Waals surface area contributed by atoms with Crippen LogP contribution in [-0.4, -0.2) is 34.7 Å². The van der Waals surface area contributed by atoms with E-state index < -0.39 is 6.10 Å². The zero-order chi connectivity index (χ0) is 11.5. The SMILES string of the molecule is O=C(NC1CSCC1O)c1ccc(Cl)cc1. The summed E-state index contributed by atoms with van der Waals surface area (Å²) in [5.41, 5.74) is 0.563. The van der Waals surface area contributed by atoms with Gasteiger partial charge in [-0.2, -0.15) is 11.8 Å². The summed E-state index contributed by atoms with van der Waals surface area (Å²) in [6.07, 6.45) is -0.443. The van der Waals surface area contributed by atoms with Crippen LogP contribution in [0.25, 0.3) is 0 Å². The minimum atomic E-state index is -0.443. The number of benzene rings is 1. The largest absolute Gasteiger partial charge is 0.390 e. The molecule has 2 N–H and O–H groups in total. The molecule has 1 aliphatic rings. The quantitative estimate of drug-likeness (QED) is 0.845. The molecule has 0 radical (unpaired) electrons. The van der Waals surface area contributed by atoms with Gasteiger partial charge in [0.05, 0.1) is 12.1 Å². The van der Waals surface area contributed by atoms with E-state index in [2.05, 4.69) is 5.32 Å². The lowest BCUT2D eigenvalue weighted by Gasteiger charge is -2.15. The number of carbonyl (C=O) groups is 1. The van der Waals surface area contributed by atoms with Crippen LogP contribution in [0, 0.1) is 0 Å². The Balaban J connectivity index is 2.00. The van der Waals surface area contributed by atoms with Gasteiger partial charge < -0.3 is 10.4 Å². The number of amides is 1. The van der Waals surface area contributed by atoms with Crippen molar-refractivity contribution < 1.29 is 9.90 Å². The van der Waals surface area contributed by atoms with Gasteiger partial charge in [0, 0.05) is 22.1 Å². The standard InChI is InChI=1S/C11H12ClNO2S/c12-8-3-1-7(2-4-8)11(15)13-9-5-16-6-10(9)14/h1-4,9-10,14H,5-6H2,(H,13,15). The van der Waals surface area contributed by atoms with E-state index in [1.54, 1.807) is 36.0 Å². The molecule has 2 rings (SSSR count). The molecule has 16 heavy (non-hydrogen) atoms. The Bertz CT molecular complexity index is 382. The fourth-order valence-electron chi connectivity index (χ4n) is 1.53. The van der Waals surface area contributed by atoms with Crippen LogP contribution in [0.5, 0.6) is 0 Å². The van der Waals surface area contributed by atoms with Gasteiger partial charge in [0.1, 0.15) is 0 Å². The Kier molecular flexibility index (Phi) is 3.74. The van der Waals surface area contributed by atoms with Crippen molar-refractivity contribution in [3.63, 3.8) is 0 Å². The van der Waals surface area contributed by atoms with Gasteiger partial charge in [0.25, 0.3) is 5.91 Å². The third kappa shape index (κ3) is 2.70. The fraction of sp³-hybridized carbons (Fsp3) is 0.364. The first-order valence-corrected chi connectivity index (χ1v) is 6.52. The monoisotopic (exact) mass is 257 g/mol. The molecule has 86 valence electrons. The Labute approximate surface area is 103 Å². The summed E-state index contributed by atoms with van der Waals surface area (Å²) in [5, 5.41) is 13.0. The van der Waals surface area contributed by atoms with Crippen LogP contribution in [0.3, 0.4) is 0 Å². The predicted molar refractivity (Wildman–Crippen MR) is 66.0 cm³/mol. The number of aliphatic hydroxyl groups is 1. The summed E-state index contributed by atoms with van der Waals surface area (Å²) in [5.74, 6) is 1.29. The van der Waals surface area contributed by atoms with Gasteiger partial charge in [0.15, 0.2) is 0 Å². The molecule has 2 atom stereocenters. The maximum atomic E-state index is 11.8. The van der Waals surface area contributed by atoms with Crippen molar-refractivity contribution in [2.24, 2.45) is 0 Å². The number of halogens is 1. The van der Waals surface area contributed by atoms with E-state index in [-0.39, 0.29) is 11.9 Å². The lowest BCUT2D eigenvalue weighted by Crippen LogP contribution is -2.42. The molecular weight excluding hydrogens is 246 g/mol. The Hall–Kier alpha value is -0.710. The van der Waals surface area contributed by atoms with Crippen LogP contribution in [0.1, 0.15) is 10.4 Å². The van der Waals surface area contributed by atoms with Gasteiger partial charge in [-0.3, -0.25) is 4.79 Å². The average molecular weight is 258 g/mol. The third-order valence-electron chi connectivity index (χ3n) is 2.47. The number of hydrogen-bond acceptors (Lipinski definition) is 3. The molecule has 1 fully saturated rings. The lowest BCUT2D eigenvalue weighted by atomic mass is 10.1. The summed E-state index contributed by atoms with van der Waals surface area (Å²) in [4.78, 5) is 11.8. The number of rotatable bonds is 2. The molecule has 0 bridgehead atoms. The van der Waals surface area contributed by atoms with Crippen LogP contribution in [0.4, 0.5) is 0 Å². The highest BCUT2D eigenvalue weighted by molar-refractivity contribution is 7.99. The van der Waals surface area contributed by atoms with Gasteiger partial charge >= 0.3 is 0 Å². The van der Waals surface area contributed by atoms with Crippen LogP contribution in [0.2, 0.25) is 5.02 Å². The molecule has 5 heteroatoms. The minimum absolute atomic E-state index is 0.145. The van der Waals surface area contributed by atoms with E-state index in [0.717, 1.165) is 5.75 Å². The topological polar surface area (TPSA) is 49.3 Å². The highest BCUT2D eigenvalue weighted by Gasteiger charge is 2.27. The molecule has 1 heterocycles. The van der Waals surface area contributed by atoms with E-state index in [1.165, 1.54) is 0 Å². The summed E-state index contributed by atoms with van der Waals surface area (Å²) < 4.78 is 0. The van der Waals surface area contributed by atoms with Gasteiger partial charge in [-0.25, -0.2) is 0 Å². The van der Waals surface area contributed by atoms with Crippen molar-refractivity contribution in [2.45, 2.75) is 12.1 Å². The van der Waals surface area contributed by atoms with Crippen LogP contribution >= 0.6 is 23.4 Å². The maximum Gasteiger partial charge on any atom is 0.251 e. The minimum Gasteiger partial charge on any atom is -0.390 e. The lowest BCUT2D eigenvalue weighted by molar-refractivity contribution is 0.0889. The summed E-state index contributed by atoms with van der Waals surface area (Å²) >= 11 is 7.38. The van der Waals surface area contributed by atoms with Crippen molar-refractivity contribution in [1.29, 1.82) is 0 Å². The van der Waals surface area contributed by atoms with Gasteiger partial charge in [-0.15, -0.1) is 0 Å². The van der Waals surface area contributed by atoms with Crippen LogP contribution < -0.4 is 5.32 Å². The summed E-state index contributed by atoms with van der Waals surface area (Å²) in [6.45, 7) is 0. The second-order valence-electron chi connectivity index (χ2n) is 3.69. The molecule has 1 aromatic rings. The second kappa shape index (κ2) is 5.08. The van der Waals surface area contributed by atoms with Crippen molar-refractivity contribution >= 4 is 29.3 Å². The number of thioether (sulfide) groups is 1. The molecule has 1 amide bonds. The molecule has 1 saturated heterocycles. The number of aliphatic hydroxyl groups excluding tert-OH is 1. The summed E-state index contributed by atoms with van der Waals surface area (Å²) in [7, 11) is 0. The van der Waals surface area contributed by atoms with Gasteiger partial charge in [-0.1, -0.05) is 11.6 Å². The second-order valence-corrected chi connectivity index (χ2v) is 5.20. The zero-order valence-corrected chi connectivity index (χ0v) is 10.1. The van der Waals surface area contributed by atoms with Gasteiger partial charge in [-0.05, 0) is 24.3 Å². The van der Waals surface area contributed by atoms with Gasteiger partial charge in [0.2, 0.25) is 0 Å². The first-order chi connectivity index (χ1) is 7.66. The first kappa shape index (κ1) is 11.8. The van der Waals surface area contributed by atoms with E-state index in [0.29, 0.717) is 16.3 Å². The molecule has 2 unspecified atom stereocenters. The van der Waals surface area contributed by atoms with Crippen LogP contribution in [0.15, 0.2) is 24.3 Å². The molecule has 1 aliphatic heterocycles. The average Bonchev–Trinajstić information content (AvgIpc) is 2.65. The number of hydrogen-bond donors (Lipinski definition) is 2. The van der Waals surface area contributed by atoms with Crippen molar-refractivity contribution in [1.82, 2.24) is 5.32 Å². The van der Waals surface area contributed by atoms with Crippen molar-refractivity contribution in [3.8, 4) is 0 Å². The van der Waals surface area contributed by atoms with E-state index in [4.69, 9.17) is 11.6 Å². The predicted octanol–water partition coefficient (Wildman–Crippen LogP) is 1.55. The molecule has 0 spiro atoms. The van der Waals surface area contributed by atoms with Crippen molar-refractivity contribution in [2.75, 3.05) is 11.5 Å². The smallest absolute Gasteiger partial charge is 0.251 e. The van der Waals surface area contributed by atoms with Crippen molar-refractivity contribution in [3.05, 3.63) is 34.9 Å². The Morgan fingerprint density at radius 3 is 2.62 bits per heavy atom. The Morgan fingerprint density at radius 2 is 2.06 bits per heavy atom. The summed E-state index contributed by atoms with van der Waals surface area (Å²) in [6, 6.07) is 6.55. The molecule has 0 saturated carbocycles. The van der Waals surface area contributed by atoms with E-state index in [9.17, 15) is 9.90 Å². The number of nitrogens with one attached hydrogen (secondary N) is 1. The Morgan fingerprint density at radius 1 is 1.38 bits per heavy atom.